The van der Waals surface area contributed by atoms with E-state index in [0.717, 1.165) is 5.56 Å². The Morgan fingerprint density at radius 2 is 2.05 bits per heavy atom. The lowest BCUT2D eigenvalue weighted by Gasteiger charge is -2.04. The van der Waals surface area contributed by atoms with E-state index >= 15 is 0 Å². The Morgan fingerprint density at radius 3 is 2.80 bits per heavy atom. The minimum Gasteiger partial charge on any atom is -0.506 e. The Labute approximate surface area is 117 Å². The van der Waals surface area contributed by atoms with Gasteiger partial charge >= 0.3 is 5.63 Å². The number of benzene rings is 1. The number of carbonyl (C=O) groups excluding carboxylic acids is 1. The molecule has 0 atom stereocenters. The lowest BCUT2D eigenvalue weighted by Crippen LogP contribution is -2.16. The van der Waals surface area contributed by atoms with Crippen LogP contribution in [-0.2, 0) is 6.42 Å². The van der Waals surface area contributed by atoms with Gasteiger partial charge in [0, 0.05) is 6.42 Å². The van der Waals surface area contributed by atoms with Crippen molar-refractivity contribution in [2.45, 2.75) is 6.42 Å². The zero-order chi connectivity index (χ0) is 14.1. The molecule has 2 heterocycles. The van der Waals surface area contributed by atoms with Crippen molar-refractivity contribution >= 4 is 28.1 Å². The van der Waals surface area contributed by atoms with Gasteiger partial charge in [0.1, 0.15) is 16.9 Å². The Kier molecular flexibility index (Phi) is 3.12. The molecule has 20 heavy (non-hydrogen) atoms. The van der Waals surface area contributed by atoms with Gasteiger partial charge in [0.25, 0.3) is 0 Å². The van der Waals surface area contributed by atoms with Gasteiger partial charge in [-0.2, -0.15) is 11.3 Å². The number of rotatable bonds is 3. The first kappa shape index (κ1) is 12.6. The Hall–Kier alpha value is -2.40. The molecule has 5 heteroatoms. The van der Waals surface area contributed by atoms with E-state index in [1.54, 1.807) is 24.3 Å². The summed E-state index contributed by atoms with van der Waals surface area (Å²) in [6, 6.07) is 8.38. The lowest BCUT2D eigenvalue weighted by molar-refractivity contribution is 0.0987. The van der Waals surface area contributed by atoms with E-state index in [0.29, 0.717) is 5.39 Å². The van der Waals surface area contributed by atoms with Crippen LogP contribution >= 0.6 is 11.3 Å². The van der Waals surface area contributed by atoms with E-state index in [2.05, 4.69) is 0 Å². The lowest BCUT2D eigenvalue weighted by atomic mass is 10.0. The molecule has 0 fully saturated rings. The molecule has 0 spiro atoms. The van der Waals surface area contributed by atoms with Crippen molar-refractivity contribution in [3.63, 3.8) is 0 Å². The van der Waals surface area contributed by atoms with Crippen LogP contribution in [0.15, 0.2) is 50.3 Å². The number of hydrogen-bond acceptors (Lipinski definition) is 5. The van der Waals surface area contributed by atoms with Crippen LogP contribution in [0.2, 0.25) is 0 Å². The molecule has 0 aliphatic rings. The molecule has 100 valence electrons. The summed E-state index contributed by atoms with van der Waals surface area (Å²) in [6.45, 7) is 0. The van der Waals surface area contributed by atoms with Gasteiger partial charge in [-0.15, -0.1) is 0 Å². The summed E-state index contributed by atoms with van der Waals surface area (Å²) in [7, 11) is 0. The molecule has 3 aromatic rings. The van der Waals surface area contributed by atoms with Crippen LogP contribution < -0.4 is 5.63 Å². The van der Waals surface area contributed by atoms with Crippen molar-refractivity contribution in [2.24, 2.45) is 0 Å². The van der Waals surface area contributed by atoms with Crippen LogP contribution in [-0.4, -0.2) is 10.9 Å². The average Bonchev–Trinajstić information content (AvgIpc) is 2.91. The highest BCUT2D eigenvalue weighted by Gasteiger charge is 2.20. The van der Waals surface area contributed by atoms with Gasteiger partial charge in [0.05, 0.1) is 5.39 Å². The first-order valence-electron chi connectivity index (χ1n) is 5.96. The molecule has 0 saturated heterocycles. The smallest absolute Gasteiger partial charge is 0.351 e. The average molecular weight is 286 g/mol. The van der Waals surface area contributed by atoms with Crippen molar-refractivity contribution in [3.05, 3.63) is 62.6 Å². The Balaban J connectivity index is 2.11. The maximum Gasteiger partial charge on any atom is 0.351 e. The van der Waals surface area contributed by atoms with E-state index < -0.39 is 11.4 Å². The number of carbonyl (C=O) groups is 1. The van der Waals surface area contributed by atoms with Crippen LogP contribution in [0.5, 0.6) is 5.75 Å². The third-order valence-corrected chi connectivity index (χ3v) is 3.74. The van der Waals surface area contributed by atoms with Crippen LogP contribution in [0.1, 0.15) is 15.9 Å². The highest BCUT2D eigenvalue weighted by Crippen LogP contribution is 2.26. The number of para-hydroxylation sites is 1. The largest absolute Gasteiger partial charge is 0.506 e. The number of hydrogen-bond donors (Lipinski definition) is 1. The third-order valence-electron chi connectivity index (χ3n) is 3.01. The number of ketones is 1. The van der Waals surface area contributed by atoms with Crippen molar-refractivity contribution in [1.29, 1.82) is 0 Å². The van der Waals surface area contributed by atoms with Gasteiger partial charge in [0.15, 0.2) is 5.78 Å². The fourth-order valence-electron chi connectivity index (χ4n) is 2.05. The van der Waals surface area contributed by atoms with Crippen LogP contribution in [0.25, 0.3) is 11.0 Å². The fraction of sp³-hybridized carbons (Fsp3) is 0.0667. The maximum atomic E-state index is 12.2. The molecular formula is C15H10O4S. The van der Waals surface area contributed by atoms with Crippen LogP contribution in [0.4, 0.5) is 0 Å². The molecule has 4 nitrogen and oxygen atoms in total. The second kappa shape index (κ2) is 4.94. The summed E-state index contributed by atoms with van der Waals surface area (Å²) < 4.78 is 5.08. The molecule has 0 bridgehead atoms. The molecule has 0 amide bonds. The molecular weight excluding hydrogens is 276 g/mol. The monoisotopic (exact) mass is 286 g/mol. The standard InChI is InChI=1S/C15H10O4S/c16-11(7-9-5-6-20-8-9)13-14(17)10-3-1-2-4-12(10)19-15(13)18/h1-6,8,17H,7H2. The molecule has 2 aromatic heterocycles. The summed E-state index contributed by atoms with van der Waals surface area (Å²) in [5.41, 5.74) is -0.00892. The van der Waals surface area contributed by atoms with Crippen molar-refractivity contribution in [2.75, 3.05) is 0 Å². The van der Waals surface area contributed by atoms with Crippen LogP contribution in [0.3, 0.4) is 0 Å². The quantitative estimate of drug-likeness (QED) is 0.593. The van der Waals surface area contributed by atoms with E-state index in [4.69, 9.17) is 4.42 Å². The molecule has 1 N–H and O–H groups in total. The van der Waals surface area contributed by atoms with E-state index in [-0.39, 0.29) is 23.3 Å². The highest BCUT2D eigenvalue weighted by molar-refractivity contribution is 7.08. The van der Waals surface area contributed by atoms with E-state index in [9.17, 15) is 14.7 Å². The summed E-state index contributed by atoms with van der Waals surface area (Å²) in [6.07, 6.45) is 0.0696. The summed E-state index contributed by atoms with van der Waals surface area (Å²) in [5.74, 6) is -0.752. The van der Waals surface area contributed by atoms with Gasteiger partial charge in [-0.25, -0.2) is 4.79 Å². The van der Waals surface area contributed by atoms with Crippen molar-refractivity contribution in [1.82, 2.24) is 0 Å². The summed E-state index contributed by atoms with van der Waals surface area (Å²) >= 11 is 1.47. The van der Waals surface area contributed by atoms with Crippen LogP contribution in [0, 0.1) is 0 Å². The molecule has 0 unspecified atom stereocenters. The topological polar surface area (TPSA) is 67.5 Å². The van der Waals surface area contributed by atoms with Gasteiger partial charge in [-0.1, -0.05) is 12.1 Å². The van der Waals surface area contributed by atoms with Gasteiger partial charge in [-0.3, -0.25) is 4.79 Å². The molecule has 1 aromatic carbocycles. The normalized spacial score (nSPS) is 10.8. The van der Waals surface area contributed by atoms with Crippen molar-refractivity contribution in [3.8, 4) is 5.75 Å². The first-order chi connectivity index (χ1) is 9.66. The third kappa shape index (κ3) is 2.12. The number of thiophene rings is 1. The first-order valence-corrected chi connectivity index (χ1v) is 6.90. The summed E-state index contributed by atoms with van der Waals surface area (Å²) in [5, 5.41) is 14.2. The fourth-order valence-corrected chi connectivity index (χ4v) is 2.72. The second-order valence-electron chi connectivity index (χ2n) is 4.34. The minimum absolute atomic E-state index is 0.0696. The summed E-state index contributed by atoms with van der Waals surface area (Å²) in [4.78, 5) is 24.1. The molecule has 3 rings (SSSR count). The number of aromatic hydroxyl groups is 1. The molecule has 0 saturated carbocycles. The van der Waals surface area contributed by atoms with E-state index in [1.807, 2.05) is 16.8 Å². The Morgan fingerprint density at radius 1 is 1.25 bits per heavy atom. The predicted molar refractivity (Wildman–Crippen MR) is 76.5 cm³/mol. The molecule has 0 aliphatic carbocycles. The number of fused-ring (bicyclic) bond motifs is 1. The number of Topliss-reactive ketones (excluding diaryl/α,β-unsaturated/α-hetero) is 1. The van der Waals surface area contributed by atoms with E-state index in [1.165, 1.54) is 11.3 Å². The predicted octanol–water partition coefficient (Wildman–Crippen LogP) is 2.99. The highest BCUT2D eigenvalue weighted by atomic mass is 32.1. The zero-order valence-corrected chi connectivity index (χ0v) is 11.1. The maximum absolute atomic E-state index is 12.2. The van der Waals surface area contributed by atoms with Gasteiger partial charge in [0.2, 0.25) is 0 Å². The molecule has 0 aliphatic heterocycles. The molecule has 0 radical (unpaired) electrons. The van der Waals surface area contributed by atoms with Gasteiger partial charge < -0.3 is 9.52 Å². The minimum atomic E-state index is -0.804. The van der Waals surface area contributed by atoms with Gasteiger partial charge in [-0.05, 0) is 34.5 Å². The zero-order valence-electron chi connectivity index (χ0n) is 10.3. The van der Waals surface area contributed by atoms with Crippen molar-refractivity contribution < 1.29 is 14.3 Å². The Bertz CT molecular complexity index is 831. The SMILES string of the molecule is O=C(Cc1ccsc1)c1c(O)c2ccccc2oc1=O. The second-order valence-corrected chi connectivity index (χ2v) is 5.12.